The third kappa shape index (κ3) is 5.73. The zero-order valence-electron chi connectivity index (χ0n) is 34.9. The molecule has 0 fully saturated rings. The molecule has 13 rings (SSSR count). The highest BCUT2D eigenvalue weighted by Crippen LogP contribution is 2.45. The Kier molecular flexibility index (Phi) is 8.25. The van der Waals surface area contributed by atoms with Crippen LogP contribution in [0.3, 0.4) is 0 Å². The second-order valence-electron chi connectivity index (χ2n) is 16.8. The molecule has 0 radical (unpaired) electrons. The molecule has 0 N–H and O–H groups in total. The average molecular weight is 814 g/mol. The number of benzene rings is 11. The monoisotopic (exact) mass is 813 g/mol. The van der Waals surface area contributed by atoms with E-state index in [0.717, 1.165) is 49.8 Å². The first-order chi connectivity index (χ1) is 31.7. The summed E-state index contributed by atoms with van der Waals surface area (Å²) in [6.45, 7) is 0. The van der Waals surface area contributed by atoms with Crippen molar-refractivity contribution in [1.82, 2.24) is 4.57 Å². The van der Waals surface area contributed by atoms with Crippen molar-refractivity contribution in [2.75, 3.05) is 0 Å². The average Bonchev–Trinajstić information content (AvgIpc) is 3.91. The molecule has 2 nitrogen and oxygen atoms in total. The van der Waals surface area contributed by atoms with Gasteiger partial charge in [0.2, 0.25) is 0 Å². The second-order valence-corrected chi connectivity index (χ2v) is 16.8. The molecule has 0 aliphatic heterocycles. The van der Waals surface area contributed by atoms with Crippen molar-refractivity contribution in [3.05, 3.63) is 237 Å². The molecule has 2 heteroatoms. The van der Waals surface area contributed by atoms with E-state index < -0.39 is 0 Å². The number of nitrogens with zero attached hydrogens (tertiary/aromatic N) is 1. The number of para-hydroxylation sites is 1. The molecule has 2 aromatic heterocycles. The van der Waals surface area contributed by atoms with Crippen LogP contribution < -0.4 is 0 Å². The Morgan fingerprint density at radius 2 is 0.734 bits per heavy atom. The molecule has 2 heterocycles. The van der Waals surface area contributed by atoms with Crippen LogP contribution in [-0.4, -0.2) is 4.57 Å². The van der Waals surface area contributed by atoms with E-state index in [4.69, 9.17) is 4.42 Å². The van der Waals surface area contributed by atoms with Gasteiger partial charge in [0.1, 0.15) is 11.2 Å². The fraction of sp³-hybridized carbons (Fsp3) is 0. The highest BCUT2D eigenvalue weighted by molar-refractivity contribution is 6.21. The molecule has 298 valence electrons. The summed E-state index contributed by atoms with van der Waals surface area (Å²) in [5.41, 5.74) is 17.0. The molecule has 0 saturated heterocycles. The van der Waals surface area contributed by atoms with Crippen molar-refractivity contribution in [2.24, 2.45) is 0 Å². The van der Waals surface area contributed by atoms with E-state index in [1.807, 2.05) is 0 Å². The lowest BCUT2D eigenvalue weighted by atomic mass is 9.86. The molecule has 0 amide bonds. The highest BCUT2D eigenvalue weighted by atomic mass is 16.3. The minimum Gasteiger partial charge on any atom is -0.455 e. The van der Waals surface area contributed by atoms with E-state index in [1.54, 1.807) is 0 Å². The van der Waals surface area contributed by atoms with Gasteiger partial charge in [-0.2, -0.15) is 0 Å². The van der Waals surface area contributed by atoms with Gasteiger partial charge in [-0.25, -0.2) is 0 Å². The highest BCUT2D eigenvalue weighted by Gasteiger charge is 2.20. The minimum atomic E-state index is 0.881. The van der Waals surface area contributed by atoms with Crippen molar-refractivity contribution < 1.29 is 4.42 Å². The Balaban J connectivity index is 1.000. The molecule has 11 aromatic carbocycles. The van der Waals surface area contributed by atoms with Crippen molar-refractivity contribution in [3.63, 3.8) is 0 Å². The lowest BCUT2D eigenvalue weighted by molar-refractivity contribution is 0.670. The van der Waals surface area contributed by atoms with Gasteiger partial charge in [-0.15, -0.1) is 0 Å². The van der Waals surface area contributed by atoms with Crippen LogP contribution in [0.5, 0.6) is 0 Å². The van der Waals surface area contributed by atoms with Crippen LogP contribution in [-0.2, 0) is 0 Å². The van der Waals surface area contributed by atoms with E-state index in [9.17, 15) is 0 Å². The van der Waals surface area contributed by atoms with Gasteiger partial charge in [-0.3, -0.25) is 0 Å². The largest absolute Gasteiger partial charge is 0.455 e. The predicted octanol–water partition coefficient (Wildman–Crippen LogP) is 17.3. The number of hydrogen-bond acceptors (Lipinski definition) is 1. The summed E-state index contributed by atoms with van der Waals surface area (Å²) in [6, 6.07) is 85.9. The molecule has 0 aliphatic carbocycles. The molecule has 0 saturated carbocycles. The summed E-state index contributed by atoms with van der Waals surface area (Å²) in [4.78, 5) is 0. The smallest absolute Gasteiger partial charge is 0.143 e. The molecule has 0 bridgehead atoms. The zero-order chi connectivity index (χ0) is 42.1. The molecular weight excluding hydrogens is 775 g/mol. The maximum Gasteiger partial charge on any atom is 0.143 e. The lowest BCUT2D eigenvalue weighted by Gasteiger charge is -2.18. The van der Waals surface area contributed by atoms with Crippen LogP contribution >= 0.6 is 0 Å². The molecule has 0 atom stereocenters. The van der Waals surface area contributed by atoms with E-state index >= 15 is 0 Å². The number of aromatic nitrogens is 1. The van der Waals surface area contributed by atoms with Gasteiger partial charge in [0.05, 0.1) is 11.0 Å². The van der Waals surface area contributed by atoms with Gasteiger partial charge >= 0.3 is 0 Å². The van der Waals surface area contributed by atoms with Gasteiger partial charge in [-0.1, -0.05) is 188 Å². The van der Waals surface area contributed by atoms with Gasteiger partial charge < -0.3 is 8.98 Å². The molecule has 64 heavy (non-hydrogen) atoms. The Morgan fingerprint density at radius 1 is 0.266 bits per heavy atom. The molecular formula is C62H39NO. The Hall–Kier alpha value is -8.46. The van der Waals surface area contributed by atoms with Crippen molar-refractivity contribution >= 4 is 65.3 Å². The maximum atomic E-state index is 6.85. The first kappa shape index (κ1) is 36.2. The van der Waals surface area contributed by atoms with Crippen molar-refractivity contribution in [2.45, 2.75) is 0 Å². The zero-order valence-corrected chi connectivity index (χ0v) is 34.9. The fourth-order valence-corrected chi connectivity index (χ4v) is 10.2. The van der Waals surface area contributed by atoms with Crippen LogP contribution in [0.15, 0.2) is 241 Å². The summed E-state index contributed by atoms with van der Waals surface area (Å²) in [5, 5.41) is 9.67. The minimum absolute atomic E-state index is 0.881. The van der Waals surface area contributed by atoms with Crippen LogP contribution in [0.4, 0.5) is 0 Å². The van der Waals surface area contributed by atoms with Crippen molar-refractivity contribution in [3.8, 4) is 61.3 Å². The Morgan fingerprint density at radius 3 is 1.36 bits per heavy atom. The Bertz CT molecular complexity index is 3860. The van der Waals surface area contributed by atoms with Gasteiger partial charge in [0, 0.05) is 32.8 Å². The third-order valence-electron chi connectivity index (χ3n) is 13.2. The van der Waals surface area contributed by atoms with Gasteiger partial charge in [0.25, 0.3) is 0 Å². The van der Waals surface area contributed by atoms with Crippen LogP contribution in [0.1, 0.15) is 0 Å². The molecule has 0 aliphatic rings. The van der Waals surface area contributed by atoms with Gasteiger partial charge in [0.15, 0.2) is 0 Å². The molecule has 0 spiro atoms. The topological polar surface area (TPSA) is 18.1 Å². The van der Waals surface area contributed by atoms with Crippen LogP contribution in [0.25, 0.3) is 127 Å². The van der Waals surface area contributed by atoms with Crippen LogP contribution in [0, 0.1) is 0 Å². The second kappa shape index (κ2) is 14.6. The maximum absolute atomic E-state index is 6.85. The first-order valence-corrected chi connectivity index (χ1v) is 22.0. The number of rotatable bonds is 6. The summed E-state index contributed by atoms with van der Waals surface area (Å²) in [7, 11) is 0. The fourth-order valence-electron chi connectivity index (χ4n) is 10.2. The summed E-state index contributed by atoms with van der Waals surface area (Å²) < 4.78 is 9.27. The van der Waals surface area contributed by atoms with Crippen molar-refractivity contribution in [1.29, 1.82) is 0 Å². The van der Waals surface area contributed by atoms with Crippen LogP contribution in [0.2, 0.25) is 0 Å². The van der Waals surface area contributed by atoms with E-state index in [0.29, 0.717) is 0 Å². The number of hydrogen-bond donors (Lipinski definition) is 0. The first-order valence-electron chi connectivity index (χ1n) is 22.0. The number of furan rings is 1. The quantitative estimate of drug-likeness (QED) is 0.153. The van der Waals surface area contributed by atoms with Gasteiger partial charge in [-0.05, 0) is 120 Å². The van der Waals surface area contributed by atoms with E-state index in [2.05, 4.69) is 241 Å². The Labute approximate surface area is 370 Å². The van der Waals surface area contributed by atoms with E-state index in [1.165, 1.54) is 76.8 Å². The summed E-state index contributed by atoms with van der Waals surface area (Å²) >= 11 is 0. The summed E-state index contributed by atoms with van der Waals surface area (Å²) in [5.74, 6) is 0. The summed E-state index contributed by atoms with van der Waals surface area (Å²) in [6.07, 6.45) is 0. The normalized spacial score (nSPS) is 11.8. The molecule has 0 unspecified atom stereocenters. The molecule has 13 aromatic rings. The van der Waals surface area contributed by atoms with E-state index in [-0.39, 0.29) is 0 Å². The number of fused-ring (bicyclic) bond motifs is 8. The lowest BCUT2D eigenvalue weighted by Crippen LogP contribution is -1.95. The third-order valence-corrected chi connectivity index (χ3v) is 13.2. The standard InChI is InChI=1S/C62H39NO/c1-4-16-40(17-5-1)44-31-35-59-55(36-44)56-38-46(41-18-6-2-7-19-41)37-54(62(56)64-59)45-30-34-49-48-22-14-15-27-57(48)63(58(49)39-45)47-32-28-43(29-33-47)61-52-25-12-10-23-50(52)60(42-20-8-3-9-21-42)51-24-11-13-26-53(51)61/h1-39H. The predicted molar refractivity (Wildman–Crippen MR) is 270 cm³/mol. The SMILES string of the molecule is c1ccc(-c2ccc3oc4c(-c5ccc6c7ccccc7n(-c7ccc(-c8c9ccccc9c(-c9ccccc9)c9ccccc89)cc7)c6c5)cc(-c5ccccc5)cc4c3c2)cc1.